The van der Waals surface area contributed by atoms with Gasteiger partial charge in [-0.3, -0.25) is 0 Å². The first-order chi connectivity index (χ1) is 6.25. The van der Waals surface area contributed by atoms with Crippen LogP contribution in [0.5, 0.6) is 5.75 Å². The highest BCUT2D eigenvalue weighted by Crippen LogP contribution is 2.27. The van der Waals surface area contributed by atoms with Crippen LogP contribution in [0, 0.1) is 0 Å². The van der Waals surface area contributed by atoms with Crippen molar-refractivity contribution in [3.63, 3.8) is 0 Å². The Kier molecular flexibility index (Phi) is 2.17. The molecule has 1 aromatic heterocycles. The lowest BCUT2D eigenvalue weighted by atomic mass is 10.1. The Hall–Kier alpha value is -1.12. The SMILES string of the molecule is CC(C)c1cc(OC2CC2)cnn1. The van der Waals surface area contributed by atoms with Gasteiger partial charge < -0.3 is 4.74 Å². The molecule has 1 aliphatic rings. The molecule has 1 fully saturated rings. The molecule has 0 spiro atoms. The molecule has 1 aromatic rings. The Balaban J connectivity index is 2.11. The molecule has 3 nitrogen and oxygen atoms in total. The zero-order valence-corrected chi connectivity index (χ0v) is 8.03. The van der Waals surface area contributed by atoms with E-state index < -0.39 is 0 Å². The van der Waals surface area contributed by atoms with Crippen LogP contribution in [0.3, 0.4) is 0 Å². The van der Waals surface area contributed by atoms with Crippen LogP contribution in [0.1, 0.15) is 38.3 Å². The van der Waals surface area contributed by atoms with Gasteiger partial charge in [0, 0.05) is 6.07 Å². The predicted octanol–water partition coefficient (Wildman–Crippen LogP) is 2.14. The maximum absolute atomic E-state index is 5.61. The fourth-order valence-corrected chi connectivity index (χ4v) is 1.09. The summed E-state index contributed by atoms with van der Waals surface area (Å²) in [4.78, 5) is 0. The highest BCUT2D eigenvalue weighted by molar-refractivity contribution is 5.21. The van der Waals surface area contributed by atoms with Gasteiger partial charge in [0.25, 0.3) is 0 Å². The topological polar surface area (TPSA) is 35.0 Å². The van der Waals surface area contributed by atoms with Crippen molar-refractivity contribution in [2.75, 3.05) is 0 Å². The number of hydrogen-bond acceptors (Lipinski definition) is 3. The number of ether oxygens (including phenoxy) is 1. The predicted molar refractivity (Wildman–Crippen MR) is 49.8 cm³/mol. The fourth-order valence-electron chi connectivity index (χ4n) is 1.09. The Bertz CT molecular complexity index is 295. The second-order valence-corrected chi connectivity index (χ2v) is 3.79. The molecular formula is C10H14N2O. The molecule has 0 atom stereocenters. The van der Waals surface area contributed by atoms with Gasteiger partial charge >= 0.3 is 0 Å². The first kappa shape index (κ1) is 8.48. The van der Waals surface area contributed by atoms with Gasteiger partial charge in [0.15, 0.2) is 0 Å². The molecule has 0 unspecified atom stereocenters. The van der Waals surface area contributed by atoms with Gasteiger partial charge in [-0.15, -0.1) is 0 Å². The molecule has 0 amide bonds. The maximum atomic E-state index is 5.61. The minimum absolute atomic E-state index is 0.412. The molecule has 0 aliphatic heterocycles. The molecule has 1 heterocycles. The van der Waals surface area contributed by atoms with E-state index in [2.05, 4.69) is 24.0 Å². The van der Waals surface area contributed by atoms with E-state index in [1.54, 1.807) is 6.20 Å². The van der Waals surface area contributed by atoms with Crippen LogP contribution in [0.15, 0.2) is 12.3 Å². The molecule has 3 heteroatoms. The van der Waals surface area contributed by atoms with E-state index in [4.69, 9.17) is 4.74 Å². The monoisotopic (exact) mass is 178 g/mol. The molecule has 0 radical (unpaired) electrons. The summed E-state index contributed by atoms with van der Waals surface area (Å²) in [5.74, 6) is 1.27. The highest BCUT2D eigenvalue weighted by Gasteiger charge is 2.23. The van der Waals surface area contributed by atoms with Crippen LogP contribution in [-0.4, -0.2) is 16.3 Å². The van der Waals surface area contributed by atoms with Gasteiger partial charge in [-0.05, 0) is 18.8 Å². The number of rotatable bonds is 3. The third-order valence-electron chi connectivity index (χ3n) is 2.07. The van der Waals surface area contributed by atoms with Gasteiger partial charge in [-0.25, -0.2) is 0 Å². The van der Waals surface area contributed by atoms with E-state index in [1.165, 1.54) is 12.8 Å². The highest BCUT2D eigenvalue weighted by atomic mass is 16.5. The zero-order chi connectivity index (χ0) is 9.26. The summed E-state index contributed by atoms with van der Waals surface area (Å²) in [6.45, 7) is 4.20. The van der Waals surface area contributed by atoms with Crippen molar-refractivity contribution in [1.29, 1.82) is 0 Å². The van der Waals surface area contributed by atoms with Gasteiger partial charge in [0.2, 0.25) is 0 Å². The summed E-state index contributed by atoms with van der Waals surface area (Å²) in [7, 11) is 0. The number of nitrogens with zero attached hydrogens (tertiary/aromatic N) is 2. The van der Waals surface area contributed by atoms with E-state index in [0.717, 1.165) is 11.4 Å². The minimum Gasteiger partial charge on any atom is -0.489 e. The quantitative estimate of drug-likeness (QED) is 0.711. The summed E-state index contributed by atoms with van der Waals surface area (Å²) in [6, 6.07) is 1.98. The van der Waals surface area contributed by atoms with Crippen molar-refractivity contribution in [3.05, 3.63) is 18.0 Å². The smallest absolute Gasteiger partial charge is 0.141 e. The largest absolute Gasteiger partial charge is 0.489 e. The summed E-state index contributed by atoms with van der Waals surface area (Å²) >= 11 is 0. The lowest BCUT2D eigenvalue weighted by Crippen LogP contribution is -2.00. The van der Waals surface area contributed by atoms with E-state index in [9.17, 15) is 0 Å². The molecule has 0 N–H and O–H groups in total. The molecule has 0 aromatic carbocycles. The van der Waals surface area contributed by atoms with Crippen LogP contribution in [0.25, 0.3) is 0 Å². The molecule has 1 saturated carbocycles. The fraction of sp³-hybridized carbons (Fsp3) is 0.600. The molecule has 2 rings (SSSR count). The van der Waals surface area contributed by atoms with Crippen LogP contribution < -0.4 is 4.74 Å². The average Bonchev–Trinajstić information content (AvgIpc) is 2.89. The minimum atomic E-state index is 0.412. The van der Waals surface area contributed by atoms with E-state index >= 15 is 0 Å². The lowest BCUT2D eigenvalue weighted by Gasteiger charge is -2.06. The molecule has 0 saturated heterocycles. The Labute approximate surface area is 78.1 Å². The van der Waals surface area contributed by atoms with Gasteiger partial charge in [0.1, 0.15) is 5.75 Å². The second-order valence-electron chi connectivity index (χ2n) is 3.79. The van der Waals surface area contributed by atoms with Crippen molar-refractivity contribution >= 4 is 0 Å². The third kappa shape index (κ3) is 2.17. The van der Waals surface area contributed by atoms with Crippen molar-refractivity contribution < 1.29 is 4.74 Å². The Morgan fingerprint density at radius 1 is 1.46 bits per heavy atom. The lowest BCUT2D eigenvalue weighted by molar-refractivity contribution is 0.300. The van der Waals surface area contributed by atoms with Gasteiger partial charge in [0.05, 0.1) is 18.0 Å². The second kappa shape index (κ2) is 3.32. The Morgan fingerprint density at radius 3 is 2.85 bits per heavy atom. The van der Waals surface area contributed by atoms with Crippen LogP contribution in [-0.2, 0) is 0 Å². The van der Waals surface area contributed by atoms with Crippen molar-refractivity contribution in [3.8, 4) is 5.75 Å². The van der Waals surface area contributed by atoms with Crippen LogP contribution in [0.2, 0.25) is 0 Å². The van der Waals surface area contributed by atoms with Crippen LogP contribution in [0.4, 0.5) is 0 Å². The molecule has 70 valence electrons. The van der Waals surface area contributed by atoms with E-state index in [1.807, 2.05) is 6.07 Å². The number of hydrogen-bond donors (Lipinski definition) is 0. The summed E-state index contributed by atoms with van der Waals surface area (Å²) < 4.78 is 5.61. The normalized spacial score (nSPS) is 16.2. The van der Waals surface area contributed by atoms with Crippen LogP contribution >= 0.6 is 0 Å². The van der Waals surface area contributed by atoms with Crippen molar-refractivity contribution in [2.45, 2.75) is 38.7 Å². The van der Waals surface area contributed by atoms with E-state index in [-0.39, 0.29) is 0 Å². The molecular weight excluding hydrogens is 164 g/mol. The zero-order valence-electron chi connectivity index (χ0n) is 8.03. The first-order valence-corrected chi connectivity index (χ1v) is 4.75. The molecule has 0 bridgehead atoms. The third-order valence-corrected chi connectivity index (χ3v) is 2.07. The number of aromatic nitrogens is 2. The van der Waals surface area contributed by atoms with Gasteiger partial charge in [-0.2, -0.15) is 10.2 Å². The maximum Gasteiger partial charge on any atom is 0.141 e. The summed E-state index contributed by atoms with van der Waals surface area (Å²) in [5.41, 5.74) is 0.998. The molecule has 1 aliphatic carbocycles. The molecule has 13 heavy (non-hydrogen) atoms. The Morgan fingerprint density at radius 2 is 2.23 bits per heavy atom. The van der Waals surface area contributed by atoms with Crippen molar-refractivity contribution in [1.82, 2.24) is 10.2 Å². The first-order valence-electron chi connectivity index (χ1n) is 4.75. The summed E-state index contributed by atoms with van der Waals surface area (Å²) in [6.07, 6.45) is 4.48. The average molecular weight is 178 g/mol. The van der Waals surface area contributed by atoms with Crippen molar-refractivity contribution in [2.24, 2.45) is 0 Å². The van der Waals surface area contributed by atoms with E-state index in [0.29, 0.717) is 12.0 Å². The summed E-state index contributed by atoms with van der Waals surface area (Å²) in [5, 5.41) is 7.95. The standard InChI is InChI=1S/C10H14N2O/c1-7(2)10-5-9(6-11-12-10)13-8-3-4-8/h5-8H,3-4H2,1-2H3. The van der Waals surface area contributed by atoms with Gasteiger partial charge in [-0.1, -0.05) is 13.8 Å².